The van der Waals surface area contributed by atoms with Crippen LogP contribution in [-0.4, -0.2) is 25.0 Å². The van der Waals surface area contributed by atoms with Crippen LogP contribution in [0.4, 0.5) is 17.2 Å². The summed E-state index contributed by atoms with van der Waals surface area (Å²) in [6, 6.07) is 21.4. The number of carbonyl (C=O) groups is 1. The van der Waals surface area contributed by atoms with E-state index in [4.69, 9.17) is 4.74 Å². The SMILES string of the molecule is CCN(C=O)c1cc(C#N)cnc1N(C)c1ccc(OCc2ccccc2)cc1. The molecule has 0 atom stereocenters. The van der Waals surface area contributed by atoms with E-state index < -0.39 is 0 Å². The Labute approximate surface area is 170 Å². The average Bonchev–Trinajstić information content (AvgIpc) is 2.79. The second-order valence-electron chi connectivity index (χ2n) is 6.40. The van der Waals surface area contributed by atoms with E-state index in [0.717, 1.165) is 23.4 Å². The van der Waals surface area contributed by atoms with Gasteiger partial charge in [0, 0.05) is 25.5 Å². The molecule has 0 aliphatic heterocycles. The van der Waals surface area contributed by atoms with Crippen molar-refractivity contribution in [2.45, 2.75) is 13.5 Å². The molecule has 3 rings (SSSR count). The van der Waals surface area contributed by atoms with Crippen LogP contribution in [0.2, 0.25) is 0 Å². The summed E-state index contributed by atoms with van der Waals surface area (Å²) in [5, 5.41) is 9.17. The Bertz CT molecular complexity index is 998. The molecule has 0 bridgehead atoms. The summed E-state index contributed by atoms with van der Waals surface area (Å²) in [4.78, 5) is 19.3. The molecule has 6 heteroatoms. The molecule has 2 aromatic carbocycles. The van der Waals surface area contributed by atoms with Crippen molar-refractivity contribution in [2.24, 2.45) is 0 Å². The van der Waals surface area contributed by atoms with Crippen LogP contribution in [0.25, 0.3) is 0 Å². The number of nitrogens with zero attached hydrogens (tertiary/aromatic N) is 4. The van der Waals surface area contributed by atoms with Gasteiger partial charge in [-0.05, 0) is 42.8 Å². The molecule has 0 N–H and O–H groups in total. The number of aromatic nitrogens is 1. The van der Waals surface area contributed by atoms with Gasteiger partial charge in [-0.3, -0.25) is 4.79 Å². The van der Waals surface area contributed by atoms with Crippen molar-refractivity contribution < 1.29 is 9.53 Å². The Kier molecular flexibility index (Phi) is 6.43. The Morgan fingerprint density at radius 2 is 1.86 bits per heavy atom. The first kappa shape index (κ1) is 19.9. The summed E-state index contributed by atoms with van der Waals surface area (Å²) in [6.45, 7) is 2.85. The highest BCUT2D eigenvalue weighted by Gasteiger charge is 2.16. The summed E-state index contributed by atoms with van der Waals surface area (Å²) in [6.07, 6.45) is 2.25. The summed E-state index contributed by atoms with van der Waals surface area (Å²) < 4.78 is 5.83. The highest BCUT2D eigenvalue weighted by molar-refractivity contribution is 5.84. The molecule has 146 valence electrons. The second-order valence-corrected chi connectivity index (χ2v) is 6.40. The molecule has 29 heavy (non-hydrogen) atoms. The molecule has 6 nitrogen and oxygen atoms in total. The number of hydrogen-bond acceptors (Lipinski definition) is 5. The third-order valence-electron chi connectivity index (χ3n) is 4.54. The number of hydrogen-bond donors (Lipinski definition) is 0. The molecule has 0 fully saturated rings. The summed E-state index contributed by atoms with van der Waals surface area (Å²) >= 11 is 0. The smallest absolute Gasteiger partial charge is 0.214 e. The number of rotatable bonds is 8. The molecule has 0 saturated heterocycles. The number of anilines is 3. The van der Waals surface area contributed by atoms with E-state index in [1.165, 1.54) is 11.1 Å². The van der Waals surface area contributed by atoms with Gasteiger partial charge in [-0.25, -0.2) is 4.98 Å². The van der Waals surface area contributed by atoms with E-state index >= 15 is 0 Å². The van der Waals surface area contributed by atoms with Crippen LogP contribution in [0.5, 0.6) is 5.75 Å². The number of amides is 1. The molecule has 1 amide bonds. The lowest BCUT2D eigenvalue weighted by atomic mass is 10.2. The minimum atomic E-state index is 0.405. The standard InChI is InChI=1S/C23H22N4O2/c1-3-27(17-28)22-13-19(14-24)15-25-23(22)26(2)20-9-11-21(12-10-20)29-16-18-7-5-4-6-8-18/h4-13,15,17H,3,16H2,1-2H3. The molecule has 1 aromatic heterocycles. The van der Waals surface area contributed by atoms with Crippen molar-refractivity contribution in [1.29, 1.82) is 5.26 Å². The number of pyridine rings is 1. The lowest BCUT2D eigenvalue weighted by Crippen LogP contribution is -2.24. The van der Waals surface area contributed by atoms with Gasteiger partial charge >= 0.3 is 0 Å². The molecule has 1 heterocycles. The monoisotopic (exact) mass is 386 g/mol. The Morgan fingerprint density at radius 3 is 2.48 bits per heavy atom. The topological polar surface area (TPSA) is 69.5 Å². The first-order valence-electron chi connectivity index (χ1n) is 9.29. The van der Waals surface area contributed by atoms with Crippen molar-refractivity contribution in [3.8, 4) is 11.8 Å². The van der Waals surface area contributed by atoms with Crippen molar-refractivity contribution in [3.05, 3.63) is 78.0 Å². The lowest BCUT2D eigenvalue weighted by molar-refractivity contribution is -0.107. The predicted octanol–water partition coefficient (Wildman–Crippen LogP) is 4.28. The van der Waals surface area contributed by atoms with Crippen LogP contribution >= 0.6 is 0 Å². The second kappa shape index (κ2) is 9.38. The fourth-order valence-corrected chi connectivity index (χ4v) is 2.91. The third kappa shape index (κ3) is 4.71. The number of benzene rings is 2. The fraction of sp³-hybridized carbons (Fsp3) is 0.174. The van der Waals surface area contributed by atoms with Crippen LogP contribution in [0.15, 0.2) is 66.9 Å². The summed E-state index contributed by atoms with van der Waals surface area (Å²) in [5.41, 5.74) is 2.99. The zero-order chi connectivity index (χ0) is 20.6. The number of ether oxygens (including phenoxy) is 1. The number of nitriles is 1. The van der Waals surface area contributed by atoms with Gasteiger partial charge in [0.2, 0.25) is 6.41 Å². The maximum atomic E-state index is 11.5. The van der Waals surface area contributed by atoms with E-state index in [1.54, 1.807) is 6.07 Å². The van der Waals surface area contributed by atoms with Gasteiger partial charge in [0.05, 0.1) is 11.3 Å². The van der Waals surface area contributed by atoms with Crippen LogP contribution < -0.4 is 14.5 Å². The van der Waals surface area contributed by atoms with Gasteiger partial charge in [-0.1, -0.05) is 30.3 Å². The van der Waals surface area contributed by atoms with Crippen LogP contribution in [0.1, 0.15) is 18.1 Å². The highest BCUT2D eigenvalue weighted by atomic mass is 16.5. The number of carbonyl (C=O) groups excluding carboxylic acids is 1. The largest absolute Gasteiger partial charge is 0.489 e. The van der Waals surface area contributed by atoms with Crippen molar-refractivity contribution >= 4 is 23.6 Å². The van der Waals surface area contributed by atoms with Crippen molar-refractivity contribution in [1.82, 2.24) is 4.98 Å². The maximum Gasteiger partial charge on any atom is 0.214 e. The van der Waals surface area contributed by atoms with E-state index in [9.17, 15) is 10.1 Å². The molecule has 0 aliphatic rings. The van der Waals surface area contributed by atoms with Gasteiger partial charge in [-0.15, -0.1) is 0 Å². The molecular weight excluding hydrogens is 364 g/mol. The van der Waals surface area contributed by atoms with Crippen molar-refractivity contribution in [2.75, 3.05) is 23.4 Å². The molecular formula is C23H22N4O2. The molecule has 0 aliphatic carbocycles. The molecule has 3 aromatic rings. The molecule has 0 radical (unpaired) electrons. The minimum Gasteiger partial charge on any atom is -0.489 e. The van der Waals surface area contributed by atoms with Gasteiger partial charge < -0.3 is 14.5 Å². The van der Waals surface area contributed by atoms with Gasteiger partial charge in [0.1, 0.15) is 18.4 Å². The summed E-state index contributed by atoms with van der Waals surface area (Å²) in [7, 11) is 1.87. The van der Waals surface area contributed by atoms with Crippen LogP contribution in [0, 0.1) is 11.3 Å². The zero-order valence-corrected chi connectivity index (χ0v) is 16.4. The Hall–Kier alpha value is -3.85. The zero-order valence-electron chi connectivity index (χ0n) is 16.4. The molecule has 0 spiro atoms. The Balaban J connectivity index is 1.80. The van der Waals surface area contributed by atoms with E-state index in [0.29, 0.717) is 30.2 Å². The third-order valence-corrected chi connectivity index (χ3v) is 4.54. The quantitative estimate of drug-likeness (QED) is 0.541. The first-order chi connectivity index (χ1) is 14.2. The molecule has 0 unspecified atom stereocenters. The highest BCUT2D eigenvalue weighted by Crippen LogP contribution is 2.32. The first-order valence-corrected chi connectivity index (χ1v) is 9.29. The average molecular weight is 386 g/mol. The van der Waals surface area contributed by atoms with E-state index in [2.05, 4.69) is 11.1 Å². The van der Waals surface area contributed by atoms with E-state index in [1.807, 2.05) is 73.5 Å². The lowest BCUT2D eigenvalue weighted by Gasteiger charge is -2.25. The Morgan fingerprint density at radius 1 is 1.14 bits per heavy atom. The van der Waals surface area contributed by atoms with Gasteiger partial charge in [-0.2, -0.15) is 5.26 Å². The minimum absolute atomic E-state index is 0.405. The summed E-state index contributed by atoms with van der Waals surface area (Å²) in [5.74, 6) is 1.36. The molecule has 0 saturated carbocycles. The predicted molar refractivity (Wildman–Crippen MR) is 113 cm³/mol. The fourth-order valence-electron chi connectivity index (χ4n) is 2.91. The van der Waals surface area contributed by atoms with E-state index in [-0.39, 0.29) is 0 Å². The van der Waals surface area contributed by atoms with Gasteiger partial charge in [0.15, 0.2) is 5.82 Å². The van der Waals surface area contributed by atoms with Crippen LogP contribution in [0.3, 0.4) is 0 Å². The van der Waals surface area contributed by atoms with Crippen molar-refractivity contribution in [3.63, 3.8) is 0 Å². The van der Waals surface area contributed by atoms with Crippen LogP contribution in [-0.2, 0) is 11.4 Å². The maximum absolute atomic E-state index is 11.5. The normalized spacial score (nSPS) is 10.1. The van der Waals surface area contributed by atoms with Gasteiger partial charge in [0.25, 0.3) is 0 Å².